The second-order valence-corrected chi connectivity index (χ2v) is 9.74. The molecule has 0 aromatic heterocycles. The smallest absolute Gasteiger partial charge is 0.405 e. The lowest BCUT2D eigenvalue weighted by Gasteiger charge is -2.28. The molecule has 0 unspecified atom stereocenters. The standard InChI is InChI=1S/C28H31F5N4O6/c1-15(2)20(22(38)28(32,33)26(42)34-14-27(29,30)31)36-25(41)21(17-10-12-19(43-4)13-11-17)37-23(39)16(3)35-24(40)18-8-6-5-7-9-18/h5-13,15-16,20-21H,14H2,1-4H3,(H,34,42)(H,35,40)(H,36,41)(H,37,39)/t16-,20-,21-/m0/s1. The van der Waals surface area contributed by atoms with Crippen molar-refractivity contribution in [2.75, 3.05) is 13.7 Å². The molecule has 0 fully saturated rings. The third-order valence-corrected chi connectivity index (χ3v) is 6.07. The van der Waals surface area contributed by atoms with Crippen molar-refractivity contribution in [1.29, 1.82) is 0 Å². The quantitative estimate of drug-likeness (QED) is 0.202. The fraction of sp³-hybridized carbons (Fsp3) is 0.393. The van der Waals surface area contributed by atoms with Crippen LogP contribution in [0.25, 0.3) is 0 Å². The lowest BCUT2D eigenvalue weighted by atomic mass is 9.94. The molecule has 0 saturated carbocycles. The number of carbonyl (C=O) groups is 5. The first-order valence-corrected chi connectivity index (χ1v) is 12.9. The van der Waals surface area contributed by atoms with Gasteiger partial charge in [0, 0.05) is 5.56 Å². The third-order valence-electron chi connectivity index (χ3n) is 6.07. The highest BCUT2D eigenvalue weighted by molar-refractivity contribution is 6.10. The van der Waals surface area contributed by atoms with Crippen molar-refractivity contribution in [3.05, 3.63) is 65.7 Å². The van der Waals surface area contributed by atoms with Crippen LogP contribution in [-0.4, -0.2) is 67.2 Å². The van der Waals surface area contributed by atoms with Crippen LogP contribution < -0.4 is 26.0 Å². The topological polar surface area (TPSA) is 143 Å². The molecule has 0 heterocycles. The van der Waals surface area contributed by atoms with Crippen molar-refractivity contribution >= 4 is 29.4 Å². The summed E-state index contributed by atoms with van der Waals surface area (Å²) in [5, 5.41) is 7.91. The highest BCUT2D eigenvalue weighted by Gasteiger charge is 2.52. The Morgan fingerprint density at radius 2 is 1.37 bits per heavy atom. The number of nitrogens with one attached hydrogen (secondary N) is 4. The predicted molar refractivity (Wildman–Crippen MR) is 143 cm³/mol. The number of hydrogen-bond donors (Lipinski definition) is 4. The minimum absolute atomic E-state index is 0.123. The van der Waals surface area contributed by atoms with E-state index in [9.17, 15) is 45.9 Å². The zero-order chi connectivity index (χ0) is 32.5. The lowest BCUT2D eigenvalue weighted by molar-refractivity contribution is -0.165. The Labute approximate surface area is 243 Å². The molecule has 234 valence electrons. The molecule has 3 atom stereocenters. The van der Waals surface area contributed by atoms with Crippen molar-refractivity contribution in [3.8, 4) is 5.75 Å². The van der Waals surface area contributed by atoms with Gasteiger partial charge in [0.15, 0.2) is 0 Å². The van der Waals surface area contributed by atoms with E-state index >= 15 is 0 Å². The molecule has 43 heavy (non-hydrogen) atoms. The highest BCUT2D eigenvalue weighted by Crippen LogP contribution is 2.24. The van der Waals surface area contributed by atoms with Gasteiger partial charge >= 0.3 is 12.1 Å². The minimum Gasteiger partial charge on any atom is -0.497 e. The number of carbonyl (C=O) groups excluding carboxylic acids is 5. The molecular formula is C28H31F5N4O6. The fourth-order valence-electron chi connectivity index (χ4n) is 3.67. The first kappa shape index (κ1) is 34.6. The Morgan fingerprint density at radius 3 is 1.88 bits per heavy atom. The average molecular weight is 615 g/mol. The molecule has 4 N–H and O–H groups in total. The molecule has 0 radical (unpaired) electrons. The Hall–Kier alpha value is -4.56. The van der Waals surface area contributed by atoms with Gasteiger partial charge in [0.1, 0.15) is 24.4 Å². The molecule has 0 aliphatic carbocycles. The molecule has 0 aliphatic heterocycles. The van der Waals surface area contributed by atoms with Crippen molar-refractivity contribution in [2.45, 2.75) is 51.0 Å². The Bertz CT molecular complexity index is 1300. The van der Waals surface area contributed by atoms with E-state index < -0.39 is 72.1 Å². The minimum atomic E-state index is -5.01. The monoisotopic (exact) mass is 614 g/mol. The second kappa shape index (κ2) is 14.6. The van der Waals surface area contributed by atoms with Gasteiger partial charge in [0.25, 0.3) is 11.8 Å². The van der Waals surface area contributed by atoms with Gasteiger partial charge in [-0.1, -0.05) is 44.2 Å². The summed E-state index contributed by atoms with van der Waals surface area (Å²) in [5.74, 6) is -12.9. The summed E-state index contributed by atoms with van der Waals surface area (Å²) in [7, 11) is 1.38. The Kier molecular flexibility index (Phi) is 11.7. The molecule has 0 saturated heterocycles. The van der Waals surface area contributed by atoms with Gasteiger partial charge in [-0.05, 0) is 42.7 Å². The fourth-order valence-corrected chi connectivity index (χ4v) is 3.67. The van der Waals surface area contributed by atoms with E-state index in [0.29, 0.717) is 5.75 Å². The van der Waals surface area contributed by atoms with Crippen LogP contribution in [0.4, 0.5) is 22.0 Å². The van der Waals surface area contributed by atoms with Crippen LogP contribution in [0.1, 0.15) is 42.7 Å². The predicted octanol–water partition coefficient (Wildman–Crippen LogP) is 2.69. The van der Waals surface area contributed by atoms with Gasteiger partial charge in [0.2, 0.25) is 17.6 Å². The zero-order valence-electron chi connectivity index (χ0n) is 23.6. The largest absolute Gasteiger partial charge is 0.497 e. The van der Waals surface area contributed by atoms with E-state index in [1.165, 1.54) is 64.3 Å². The second-order valence-electron chi connectivity index (χ2n) is 9.74. The maximum atomic E-state index is 14.6. The van der Waals surface area contributed by atoms with Gasteiger partial charge in [-0.2, -0.15) is 22.0 Å². The maximum absolute atomic E-state index is 14.6. The number of ether oxygens (including phenoxy) is 1. The number of benzene rings is 2. The molecule has 10 nitrogen and oxygen atoms in total. The number of rotatable bonds is 13. The summed E-state index contributed by atoms with van der Waals surface area (Å²) in [4.78, 5) is 63.3. The summed E-state index contributed by atoms with van der Waals surface area (Å²) in [6, 6.07) is 8.72. The number of halogens is 5. The molecule has 2 rings (SSSR count). The third kappa shape index (κ3) is 9.75. The van der Waals surface area contributed by atoms with Gasteiger partial charge in [-0.25, -0.2) is 0 Å². The number of hydrogen-bond acceptors (Lipinski definition) is 6. The van der Waals surface area contributed by atoms with Crippen LogP contribution in [0.5, 0.6) is 5.75 Å². The van der Waals surface area contributed by atoms with E-state index in [1.807, 2.05) is 0 Å². The normalized spacial score (nSPS) is 13.7. The number of methoxy groups -OCH3 is 1. The van der Waals surface area contributed by atoms with Crippen LogP contribution >= 0.6 is 0 Å². The van der Waals surface area contributed by atoms with Gasteiger partial charge in [-0.15, -0.1) is 0 Å². The van der Waals surface area contributed by atoms with E-state index in [2.05, 4.69) is 16.0 Å². The average Bonchev–Trinajstić information content (AvgIpc) is 2.96. The van der Waals surface area contributed by atoms with Crippen molar-refractivity contribution in [1.82, 2.24) is 21.3 Å². The molecule has 0 bridgehead atoms. The summed E-state index contributed by atoms with van der Waals surface area (Å²) in [5.41, 5.74) is 0.378. The lowest BCUT2D eigenvalue weighted by Crippen LogP contribution is -2.58. The van der Waals surface area contributed by atoms with Crippen LogP contribution in [0.3, 0.4) is 0 Å². The molecule has 4 amide bonds. The summed E-state index contributed by atoms with van der Waals surface area (Å²) in [6.07, 6.45) is -5.01. The van der Waals surface area contributed by atoms with Gasteiger partial charge in [-0.3, -0.25) is 24.0 Å². The van der Waals surface area contributed by atoms with Crippen molar-refractivity contribution in [3.63, 3.8) is 0 Å². The van der Waals surface area contributed by atoms with E-state index in [4.69, 9.17) is 4.74 Å². The van der Waals surface area contributed by atoms with E-state index in [0.717, 1.165) is 5.32 Å². The van der Waals surface area contributed by atoms with Gasteiger partial charge < -0.3 is 26.0 Å². The van der Waals surface area contributed by atoms with Crippen LogP contribution in [0, 0.1) is 5.92 Å². The zero-order valence-corrected chi connectivity index (χ0v) is 23.6. The first-order valence-electron chi connectivity index (χ1n) is 12.9. The SMILES string of the molecule is COc1ccc([C@H](NC(=O)[C@H](C)NC(=O)c2ccccc2)C(=O)N[C@H](C(=O)C(F)(F)C(=O)NCC(F)(F)F)C(C)C)cc1. The molecular weight excluding hydrogens is 583 g/mol. The molecule has 2 aromatic rings. The summed E-state index contributed by atoms with van der Waals surface area (Å²) >= 11 is 0. The van der Waals surface area contributed by atoms with Crippen LogP contribution in [-0.2, 0) is 19.2 Å². The number of amides is 4. The summed E-state index contributed by atoms with van der Waals surface area (Å²) in [6.45, 7) is 1.75. The Morgan fingerprint density at radius 1 is 0.791 bits per heavy atom. The highest BCUT2D eigenvalue weighted by atomic mass is 19.4. The molecule has 0 aliphatic rings. The molecule has 15 heteroatoms. The first-order chi connectivity index (χ1) is 20.0. The number of Topliss-reactive ketones (excluding diaryl/α,β-unsaturated/α-hetero) is 1. The maximum Gasteiger partial charge on any atom is 0.405 e. The van der Waals surface area contributed by atoms with Crippen molar-refractivity contribution < 1.29 is 50.7 Å². The number of alkyl halides is 5. The molecule has 2 aromatic carbocycles. The Balaban J connectivity index is 2.30. The van der Waals surface area contributed by atoms with Crippen molar-refractivity contribution in [2.24, 2.45) is 5.92 Å². The van der Waals surface area contributed by atoms with E-state index in [1.54, 1.807) is 18.2 Å². The summed E-state index contributed by atoms with van der Waals surface area (Å²) < 4.78 is 71.6. The van der Waals surface area contributed by atoms with Crippen LogP contribution in [0.15, 0.2) is 54.6 Å². The van der Waals surface area contributed by atoms with E-state index in [-0.39, 0.29) is 11.1 Å². The number of ketones is 1. The van der Waals surface area contributed by atoms with Gasteiger partial charge in [0.05, 0.1) is 13.2 Å². The molecule has 0 spiro atoms. The van der Waals surface area contributed by atoms with Crippen LogP contribution in [0.2, 0.25) is 0 Å².